The molecule has 218 valence electrons. The Balaban J connectivity index is 0.000000203. The van der Waals surface area contributed by atoms with Crippen molar-refractivity contribution in [1.82, 2.24) is 0 Å². The van der Waals surface area contributed by atoms with Crippen LogP contribution in [0, 0.1) is 10.8 Å². The standard InChI is InChI=1S/C22H22N2.C18H21N/c1-22(2,3)17-12-9-15(10-13-17)8-11-16-14-20(23)21(24)19-7-5-4-6-18(16)19;1-18(2,3)16-10-6-14(7-11-16)4-5-15-8-12-17(19)13-9-15/h4-14,23-24H,1-3H3;4-13H,19H2,1-3H3/b11-8+,23-20?,24-21?;5-4+. The van der Waals surface area contributed by atoms with Gasteiger partial charge in [-0.2, -0.15) is 0 Å². The minimum absolute atomic E-state index is 0.155. The van der Waals surface area contributed by atoms with Crippen LogP contribution in [-0.2, 0) is 10.8 Å². The minimum atomic E-state index is 0.155. The smallest absolute Gasteiger partial charge is 0.0867 e. The van der Waals surface area contributed by atoms with Crippen LogP contribution in [-0.4, -0.2) is 11.4 Å². The number of benzene rings is 4. The Bertz CT molecular complexity index is 1670. The molecule has 0 fully saturated rings. The molecule has 1 aliphatic carbocycles. The molecule has 0 unspecified atom stereocenters. The lowest BCUT2D eigenvalue weighted by atomic mass is 9.86. The summed E-state index contributed by atoms with van der Waals surface area (Å²) < 4.78 is 0. The number of nitrogens with one attached hydrogen (secondary N) is 2. The summed E-state index contributed by atoms with van der Waals surface area (Å²) in [5.74, 6) is 0. The van der Waals surface area contributed by atoms with E-state index in [1.54, 1.807) is 6.08 Å². The summed E-state index contributed by atoms with van der Waals surface area (Å²) in [5.41, 5.74) is 16.4. The van der Waals surface area contributed by atoms with E-state index in [0.29, 0.717) is 0 Å². The Labute approximate surface area is 257 Å². The van der Waals surface area contributed by atoms with Crippen LogP contribution in [0.3, 0.4) is 0 Å². The van der Waals surface area contributed by atoms with Crippen molar-refractivity contribution in [3.63, 3.8) is 0 Å². The van der Waals surface area contributed by atoms with Crippen LogP contribution < -0.4 is 5.73 Å². The van der Waals surface area contributed by atoms with Crippen molar-refractivity contribution in [1.29, 1.82) is 10.8 Å². The summed E-state index contributed by atoms with van der Waals surface area (Å²) in [6.07, 6.45) is 10.1. The highest BCUT2D eigenvalue weighted by atomic mass is 14.5. The van der Waals surface area contributed by atoms with Crippen LogP contribution in [0.4, 0.5) is 5.69 Å². The van der Waals surface area contributed by atoms with Crippen LogP contribution in [0.2, 0.25) is 0 Å². The molecule has 3 heteroatoms. The highest BCUT2D eigenvalue weighted by Gasteiger charge is 2.18. The number of anilines is 1. The van der Waals surface area contributed by atoms with E-state index in [1.807, 2.05) is 54.6 Å². The molecular weight excluding hydrogens is 522 g/mol. The van der Waals surface area contributed by atoms with Crippen molar-refractivity contribution in [3.8, 4) is 0 Å². The maximum Gasteiger partial charge on any atom is 0.0867 e. The molecule has 4 N–H and O–H groups in total. The molecule has 0 atom stereocenters. The molecule has 0 aliphatic heterocycles. The number of hydrogen-bond donors (Lipinski definition) is 3. The van der Waals surface area contributed by atoms with Crippen LogP contribution >= 0.6 is 0 Å². The Kier molecular flexibility index (Phi) is 9.46. The summed E-state index contributed by atoms with van der Waals surface area (Å²) >= 11 is 0. The predicted octanol–water partition coefficient (Wildman–Crippen LogP) is 10.2. The van der Waals surface area contributed by atoms with E-state index in [1.165, 1.54) is 16.7 Å². The first kappa shape index (κ1) is 31.2. The van der Waals surface area contributed by atoms with Crippen molar-refractivity contribution >= 4 is 40.9 Å². The number of allylic oxidation sites excluding steroid dienone is 3. The molecular formula is C40H43N3. The zero-order chi connectivity index (χ0) is 31.2. The van der Waals surface area contributed by atoms with Crippen LogP contribution in [0.1, 0.15) is 80.5 Å². The second-order valence-electron chi connectivity index (χ2n) is 13.0. The first-order chi connectivity index (χ1) is 20.3. The quantitative estimate of drug-likeness (QED) is 0.167. The molecule has 0 heterocycles. The number of rotatable bonds is 4. The fourth-order valence-electron chi connectivity index (χ4n) is 4.72. The van der Waals surface area contributed by atoms with Crippen molar-refractivity contribution in [2.45, 2.75) is 52.4 Å². The van der Waals surface area contributed by atoms with Gasteiger partial charge in [0.05, 0.1) is 11.4 Å². The highest BCUT2D eigenvalue weighted by Crippen LogP contribution is 2.28. The minimum Gasteiger partial charge on any atom is -0.399 e. The largest absolute Gasteiger partial charge is 0.399 e. The second kappa shape index (κ2) is 13.0. The summed E-state index contributed by atoms with van der Waals surface area (Å²) in [7, 11) is 0. The van der Waals surface area contributed by atoms with Crippen LogP contribution in [0.5, 0.6) is 0 Å². The van der Waals surface area contributed by atoms with Crippen molar-refractivity contribution in [2.75, 3.05) is 5.73 Å². The normalized spacial score (nSPS) is 13.5. The molecule has 0 radical (unpaired) electrons. The summed E-state index contributed by atoms with van der Waals surface area (Å²) in [4.78, 5) is 0. The topological polar surface area (TPSA) is 73.7 Å². The average molecular weight is 566 g/mol. The fraction of sp³-hybridized carbons (Fsp3) is 0.200. The number of hydrogen-bond acceptors (Lipinski definition) is 3. The maximum absolute atomic E-state index is 8.05. The van der Waals surface area contributed by atoms with Gasteiger partial charge in [0.25, 0.3) is 0 Å². The van der Waals surface area contributed by atoms with E-state index in [-0.39, 0.29) is 22.3 Å². The van der Waals surface area contributed by atoms with Gasteiger partial charge < -0.3 is 5.73 Å². The molecule has 0 amide bonds. The van der Waals surface area contributed by atoms with Gasteiger partial charge in [0.1, 0.15) is 0 Å². The van der Waals surface area contributed by atoms with Gasteiger partial charge in [-0.15, -0.1) is 0 Å². The first-order valence-corrected chi connectivity index (χ1v) is 14.7. The first-order valence-electron chi connectivity index (χ1n) is 14.7. The van der Waals surface area contributed by atoms with Crippen molar-refractivity contribution in [3.05, 3.63) is 148 Å². The molecule has 0 spiro atoms. The SMILES string of the molecule is CC(C)(C)c1ccc(/C=C/C2=CC(=N)C(=N)c3ccccc32)cc1.CC(C)(C)c1ccc(/C=C/c2ccc(N)cc2)cc1. The molecule has 4 aromatic rings. The van der Waals surface area contributed by atoms with E-state index in [2.05, 4.69) is 108 Å². The van der Waals surface area contributed by atoms with Gasteiger partial charge in [0.2, 0.25) is 0 Å². The number of nitrogen functional groups attached to an aromatic ring is 1. The lowest BCUT2D eigenvalue weighted by Gasteiger charge is -2.19. The van der Waals surface area contributed by atoms with Gasteiger partial charge >= 0.3 is 0 Å². The van der Waals surface area contributed by atoms with E-state index in [4.69, 9.17) is 16.6 Å². The monoisotopic (exact) mass is 565 g/mol. The van der Waals surface area contributed by atoms with Gasteiger partial charge in [0, 0.05) is 11.3 Å². The van der Waals surface area contributed by atoms with E-state index >= 15 is 0 Å². The lowest BCUT2D eigenvalue weighted by molar-refractivity contribution is 0.590. The second-order valence-corrected chi connectivity index (χ2v) is 13.0. The Morgan fingerprint density at radius 1 is 0.512 bits per heavy atom. The van der Waals surface area contributed by atoms with Crippen molar-refractivity contribution in [2.24, 2.45) is 0 Å². The van der Waals surface area contributed by atoms with E-state index in [0.717, 1.165) is 33.5 Å². The molecule has 5 rings (SSSR count). The maximum atomic E-state index is 8.05. The zero-order valence-electron chi connectivity index (χ0n) is 26.2. The summed E-state index contributed by atoms with van der Waals surface area (Å²) in [6.45, 7) is 13.3. The molecule has 43 heavy (non-hydrogen) atoms. The number of nitrogens with two attached hydrogens (primary N) is 1. The van der Waals surface area contributed by atoms with Crippen LogP contribution in [0.25, 0.3) is 23.8 Å². The third kappa shape index (κ3) is 8.39. The third-order valence-corrected chi connectivity index (χ3v) is 7.49. The number of fused-ring (bicyclic) bond motifs is 1. The molecule has 0 bridgehead atoms. The summed E-state index contributed by atoms with van der Waals surface area (Å²) in [6, 6.07) is 33.0. The van der Waals surface area contributed by atoms with Gasteiger partial charge in [0.15, 0.2) is 0 Å². The molecule has 0 saturated heterocycles. The summed E-state index contributed by atoms with van der Waals surface area (Å²) in [5, 5.41) is 16.1. The molecule has 0 saturated carbocycles. The van der Waals surface area contributed by atoms with E-state index in [9.17, 15) is 0 Å². The van der Waals surface area contributed by atoms with Gasteiger partial charge in [-0.25, -0.2) is 0 Å². The fourth-order valence-corrected chi connectivity index (χ4v) is 4.72. The zero-order valence-corrected chi connectivity index (χ0v) is 26.2. The molecule has 3 nitrogen and oxygen atoms in total. The average Bonchev–Trinajstić information content (AvgIpc) is 2.98. The third-order valence-electron chi connectivity index (χ3n) is 7.49. The Morgan fingerprint density at radius 2 is 0.907 bits per heavy atom. The Morgan fingerprint density at radius 3 is 1.35 bits per heavy atom. The van der Waals surface area contributed by atoms with Gasteiger partial charge in [-0.3, -0.25) is 10.8 Å². The van der Waals surface area contributed by atoms with Crippen molar-refractivity contribution < 1.29 is 0 Å². The molecule has 1 aliphatic rings. The van der Waals surface area contributed by atoms with E-state index < -0.39 is 0 Å². The Hall–Kier alpha value is -4.76. The highest BCUT2D eigenvalue weighted by molar-refractivity contribution is 6.53. The molecule has 4 aromatic carbocycles. The lowest BCUT2D eigenvalue weighted by Crippen LogP contribution is -2.17. The van der Waals surface area contributed by atoms with Gasteiger partial charge in [-0.05, 0) is 68.0 Å². The van der Waals surface area contributed by atoms with Crippen LogP contribution in [0.15, 0.2) is 109 Å². The van der Waals surface area contributed by atoms with Gasteiger partial charge in [-0.1, -0.05) is 151 Å². The predicted molar refractivity (Wildman–Crippen MR) is 188 cm³/mol. The molecule has 0 aromatic heterocycles.